The summed E-state index contributed by atoms with van der Waals surface area (Å²) in [6.45, 7) is 0.347. The molecule has 3 N–H and O–H groups in total. The molecule has 5 nitrogen and oxygen atoms in total. The fourth-order valence-corrected chi connectivity index (χ4v) is 1.76. The Kier molecular flexibility index (Phi) is 6.35. The van der Waals surface area contributed by atoms with Crippen molar-refractivity contribution in [3.63, 3.8) is 0 Å². The lowest BCUT2D eigenvalue weighted by Gasteiger charge is -2.22. The third kappa shape index (κ3) is 4.44. The van der Waals surface area contributed by atoms with E-state index in [1.54, 1.807) is 31.4 Å². The van der Waals surface area contributed by atoms with Crippen LogP contribution >= 0.6 is 0 Å². The minimum Gasteiger partial charge on any atom is -0.480 e. The number of aliphatic hydroxyl groups excluding tert-OH is 1. The van der Waals surface area contributed by atoms with Crippen LogP contribution in [0.3, 0.4) is 0 Å². The van der Waals surface area contributed by atoms with Crippen molar-refractivity contribution in [2.24, 2.45) is 0 Å². The molecule has 0 saturated heterocycles. The summed E-state index contributed by atoms with van der Waals surface area (Å²) in [4.78, 5) is 11.3. The van der Waals surface area contributed by atoms with Crippen LogP contribution in [0.2, 0.25) is 0 Å². The summed E-state index contributed by atoms with van der Waals surface area (Å²) in [6, 6.07) is 7.96. The first-order chi connectivity index (χ1) is 8.69. The van der Waals surface area contributed by atoms with Crippen LogP contribution in [-0.4, -0.2) is 42.5 Å². The largest absolute Gasteiger partial charge is 0.480 e. The van der Waals surface area contributed by atoms with Crippen molar-refractivity contribution >= 4 is 5.97 Å². The Labute approximate surface area is 106 Å². The zero-order chi connectivity index (χ0) is 13.4. The van der Waals surface area contributed by atoms with Gasteiger partial charge in [-0.25, -0.2) is 0 Å². The number of benzene rings is 1. The fraction of sp³-hybridized carbons (Fsp3) is 0.462. The number of hydrogen-bond donors (Lipinski definition) is 3. The van der Waals surface area contributed by atoms with Crippen molar-refractivity contribution in [1.29, 1.82) is 0 Å². The van der Waals surface area contributed by atoms with E-state index in [1.807, 2.05) is 6.07 Å². The highest BCUT2D eigenvalue weighted by Gasteiger charge is 2.22. The number of carbonyl (C=O) groups is 1. The maximum Gasteiger partial charge on any atom is 0.325 e. The lowest BCUT2D eigenvalue weighted by molar-refractivity contribution is -0.140. The fourth-order valence-electron chi connectivity index (χ4n) is 1.76. The molecule has 0 aliphatic carbocycles. The number of hydrogen-bond acceptors (Lipinski definition) is 4. The van der Waals surface area contributed by atoms with Gasteiger partial charge in [0.2, 0.25) is 0 Å². The minimum atomic E-state index is -0.944. The Morgan fingerprint density at radius 1 is 1.39 bits per heavy atom. The number of carboxylic acid groups (broad SMARTS) is 1. The van der Waals surface area contributed by atoms with E-state index in [0.717, 1.165) is 0 Å². The molecular formula is C13H19NO4. The van der Waals surface area contributed by atoms with Crippen LogP contribution in [0, 0.1) is 0 Å². The number of aliphatic hydroxyl groups is 1. The Morgan fingerprint density at radius 2 is 2.06 bits per heavy atom. The van der Waals surface area contributed by atoms with E-state index in [0.29, 0.717) is 18.6 Å². The average Bonchev–Trinajstić information content (AvgIpc) is 2.37. The van der Waals surface area contributed by atoms with Gasteiger partial charge in [0.1, 0.15) is 6.04 Å². The van der Waals surface area contributed by atoms with Gasteiger partial charge >= 0.3 is 5.97 Å². The molecule has 0 aliphatic heterocycles. The van der Waals surface area contributed by atoms with Gasteiger partial charge in [0.05, 0.1) is 6.61 Å². The molecule has 0 aliphatic rings. The molecule has 0 heterocycles. The quantitative estimate of drug-likeness (QED) is 0.638. The zero-order valence-electron chi connectivity index (χ0n) is 10.4. The van der Waals surface area contributed by atoms with Crippen molar-refractivity contribution in [3.8, 4) is 0 Å². The van der Waals surface area contributed by atoms with Crippen molar-refractivity contribution in [2.45, 2.75) is 18.5 Å². The van der Waals surface area contributed by atoms with Crippen LogP contribution in [0.15, 0.2) is 30.3 Å². The summed E-state index contributed by atoms with van der Waals surface area (Å²) in [6.07, 6.45) is 0.449. The number of rotatable bonds is 8. The first kappa shape index (κ1) is 14.6. The first-order valence-electron chi connectivity index (χ1n) is 5.82. The van der Waals surface area contributed by atoms with Crippen LogP contribution in [0.1, 0.15) is 18.0 Å². The summed E-state index contributed by atoms with van der Waals surface area (Å²) >= 11 is 0. The molecule has 18 heavy (non-hydrogen) atoms. The normalized spacial score (nSPS) is 14.1. The lowest BCUT2D eigenvalue weighted by Crippen LogP contribution is -2.40. The monoisotopic (exact) mass is 253 g/mol. The second kappa shape index (κ2) is 7.81. The minimum absolute atomic E-state index is 0.0118. The molecule has 1 rings (SSSR count). The van der Waals surface area contributed by atoms with Crippen molar-refractivity contribution < 1.29 is 19.7 Å². The van der Waals surface area contributed by atoms with E-state index in [4.69, 9.17) is 9.84 Å². The standard InChI is InChI=1S/C13H19NO4/c1-18-9-11(7-8-15)14-12(13(16)17)10-5-3-2-4-6-10/h2-6,11-12,14-15H,7-9H2,1H3,(H,16,17). The smallest absolute Gasteiger partial charge is 0.325 e. The Bertz CT molecular complexity index is 349. The Morgan fingerprint density at radius 3 is 2.56 bits per heavy atom. The molecule has 0 bridgehead atoms. The van der Waals surface area contributed by atoms with Gasteiger partial charge in [-0.15, -0.1) is 0 Å². The summed E-state index contributed by atoms with van der Waals surface area (Å²) in [7, 11) is 1.55. The maximum absolute atomic E-state index is 11.3. The third-order valence-electron chi connectivity index (χ3n) is 2.63. The van der Waals surface area contributed by atoms with E-state index in [2.05, 4.69) is 5.32 Å². The molecule has 0 amide bonds. The van der Waals surface area contributed by atoms with Crippen LogP contribution in [0.4, 0.5) is 0 Å². The second-order valence-electron chi connectivity index (χ2n) is 4.01. The van der Waals surface area contributed by atoms with Crippen LogP contribution < -0.4 is 5.32 Å². The van der Waals surface area contributed by atoms with Crippen molar-refractivity contribution in [1.82, 2.24) is 5.32 Å². The molecule has 1 aromatic carbocycles. The van der Waals surface area contributed by atoms with Gasteiger partial charge < -0.3 is 14.9 Å². The van der Waals surface area contributed by atoms with Gasteiger partial charge in [-0.2, -0.15) is 0 Å². The van der Waals surface area contributed by atoms with Gasteiger partial charge in [0, 0.05) is 19.8 Å². The van der Waals surface area contributed by atoms with Gasteiger partial charge in [-0.05, 0) is 12.0 Å². The number of carboxylic acids is 1. The molecule has 0 saturated carbocycles. The maximum atomic E-state index is 11.3. The summed E-state index contributed by atoms with van der Waals surface area (Å²) in [5.74, 6) is -0.944. The van der Waals surface area contributed by atoms with E-state index >= 15 is 0 Å². The highest BCUT2D eigenvalue weighted by atomic mass is 16.5. The van der Waals surface area contributed by atoms with Crippen molar-refractivity contribution in [2.75, 3.05) is 20.3 Å². The number of ether oxygens (including phenoxy) is 1. The van der Waals surface area contributed by atoms with Crippen LogP contribution in [-0.2, 0) is 9.53 Å². The van der Waals surface area contributed by atoms with Gasteiger partial charge in [0.25, 0.3) is 0 Å². The molecule has 5 heteroatoms. The van der Waals surface area contributed by atoms with E-state index in [1.165, 1.54) is 0 Å². The Balaban J connectivity index is 2.76. The predicted molar refractivity (Wildman–Crippen MR) is 67.3 cm³/mol. The van der Waals surface area contributed by atoms with Gasteiger partial charge in [-0.3, -0.25) is 10.1 Å². The summed E-state index contributed by atoms with van der Waals surface area (Å²) < 4.78 is 5.01. The molecule has 0 aromatic heterocycles. The molecule has 0 radical (unpaired) electrons. The van der Waals surface area contributed by atoms with E-state index in [-0.39, 0.29) is 12.6 Å². The number of nitrogens with one attached hydrogen (secondary N) is 1. The zero-order valence-corrected chi connectivity index (χ0v) is 10.4. The summed E-state index contributed by atoms with van der Waals surface area (Å²) in [5.41, 5.74) is 0.684. The highest BCUT2D eigenvalue weighted by Crippen LogP contribution is 2.14. The molecule has 1 aromatic rings. The number of aliphatic carboxylic acids is 1. The third-order valence-corrected chi connectivity index (χ3v) is 2.63. The molecule has 0 spiro atoms. The molecule has 2 atom stereocenters. The van der Waals surface area contributed by atoms with Gasteiger partial charge in [0.15, 0.2) is 0 Å². The molecule has 0 fully saturated rings. The predicted octanol–water partition coefficient (Wildman–Crippen LogP) is 0.799. The molecule has 2 unspecified atom stereocenters. The average molecular weight is 253 g/mol. The van der Waals surface area contributed by atoms with E-state index in [9.17, 15) is 9.90 Å². The van der Waals surface area contributed by atoms with Crippen LogP contribution in [0.5, 0.6) is 0 Å². The van der Waals surface area contributed by atoms with Crippen LogP contribution in [0.25, 0.3) is 0 Å². The lowest BCUT2D eigenvalue weighted by atomic mass is 10.1. The SMILES string of the molecule is COCC(CCO)NC(C(=O)O)c1ccccc1. The molecule has 100 valence electrons. The highest BCUT2D eigenvalue weighted by molar-refractivity contribution is 5.75. The first-order valence-corrected chi connectivity index (χ1v) is 5.82. The van der Waals surface area contributed by atoms with E-state index < -0.39 is 12.0 Å². The molecular weight excluding hydrogens is 234 g/mol. The second-order valence-corrected chi connectivity index (χ2v) is 4.01. The van der Waals surface area contributed by atoms with Crippen molar-refractivity contribution in [3.05, 3.63) is 35.9 Å². The topological polar surface area (TPSA) is 78.8 Å². The Hall–Kier alpha value is -1.43. The van der Waals surface area contributed by atoms with Gasteiger partial charge in [-0.1, -0.05) is 30.3 Å². The number of methoxy groups -OCH3 is 1. The summed E-state index contributed by atoms with van der Waals surface area (Å²) in [5, 5.41) is 21.2.